The highest BCUT2D eigenvalue weighted by Gasteiger charge is 2.37. The summed E-state index contributed by atoms with van der Waals surface area (Å²) in [6.07, 6.45) is 4.26. The van der Waals surface area contributed by atoms with E-state index in [9.17, 15) is 9.18 Å². The molecule has 196 valence electrons. The van der Waals surface area contributed by atoms with Gasteiger partial charge in [0.25, 0.3) is 0 Å². The molecular formula is C30H34ClFN2OS2. The van der Waals surface area contributed by atoms with Crippen molar-refractivity contribution in [3.8, 4) is 11.3 Å². The molecule has 3 aromatic rings. The number of hydrogen-bond donors (Lipinski definition) is 0. The summed E-state index contributed by atoms with van der Waals surface area (Å²) in [6, 6.07) is 11.2. The summed E-state index contributed by atoms with van der Waals surface area (Å²) in [4.78, 5) is 20.5. The molecule has 7 heteroatoms. The average molecular weight is 557 g/mol. The van der Waals surface area contributed by atoms with Crippen LogP contribution < -0.4 is 0 Å². The highest BCUT2D eigenvalue weighted by molar-refractivity contribution is 8.00. The number of nitrogens with zero attached hydrogens (tertiary/aromatic N) is 2. The molecule has 1 aliphatic carbocycles. The van der Waals surface area contributed by atoms with E-state index in [4.69, 9.17) is 16.6 Å². The first-order chi connectivity index (χ1) is 17.5. The molecule has 3 nitrogen and oxygen atoms in total. The van der Waals surface area contributed by atoms with E-state index < -0.39 is 0 Å². The Morgan fingerprint density at radius 3 is 2.49 bits per heavy atom. The van der Waals surface area contributed by atoms with E-state index in [1.807, 2.05) is 4.90 Å². The van der Waals surface area contributed by atoms with Crippen molar-refractivity contribution < 1.29 is 9.18 Å². The molecule has 1 saturated heterocycles. The Labute approximate surface area is 232 Å². The number of benzene rings is 2. The van der Waals surface area contributed by atoms with Gasteiger partial charge in [0.1, 0.15) is 5.82 Å². The zero-order chi connectivity index (χ0) is 26.4. The second kappa shape index (κ2) is 10.3. The van der Waals surface area contributed by atoms with Crippen molar-refractivity contribution in [2.45, 2.75) is 75.0 Å². The molecule has 0 bridgehead atoms. The van der Waals surface area contributed by atoms with Gasteiger partial charge in [0, 0.05) is 34.8 Å². The summed E-state index contributed by atoms with van der Waals surface area (Å²) in [5, 5.41) is 3.72. The number of piperidine rings is 1. The zero-order valence-corrected chi connectivity index (χ0v) is 24.3. The zero-order valence-electron chi connectivity index (χ0n) is 21.9. The van der Waals surface area contributed by atoms with E-state index in [1.54, 1.807) is 17.4 Å². The fourth-order valence-corrected chi connectivity index (χ4v) is 7.71. The smallest absolute Gasteiger partial charge is 0.232 e. The number of halogens is 2. The summed E-state index contributed by atoms with van der Waals surface area (Å²) in [7, 11) is 0. The van der Waals surface area contributed by atoms with Gasteiger partial charge in [-0.25, -0.2) is 9.37 Å². The van der Waals surface area contributed by atoms with Crippen molar-refractivity contribution in [3.05, 3.63) is 68.8 Å². The number of amides is 1. The van der Waals surface area contributed by atoms with Crippen molar-refractivity contribution >= 4 is 40.6 Å². The number of thioether (sulfide) groups is 1. The van der Waals surface area contributed by atoms with Crippen LogP contribution in [0, 0.1) is 5.82 Å². The maximum absolute atomic E-state index is 13.3. The lowest BCUT2D eigenvalue weighted by molar-refractivity contribution is -0.129. The van der Waals surface area contributed by atoms with Crippen LogP contribution in [0.2, 0.25) is 5.02 Å². The highest BCUT2D eigenvalue weighted by Crippen LogP contribution is 2.47. The van der Waals surface area contributed by atoms with Gasteiger partial charge in [-0.15, -0.1) is 23.1 Å². The lowest BCUT2D eigenvalue weighted by atomic mass is 9.63. The third kappa shape index (κ3) is 5.62. The average Bonchev–Trinajstić information content (AvgIpc) is 3.37. The molecule has 2 aliphatic rings. The first kappa shape index (κ1) is 26.7. The Kier molecular flexibility index (Phi) is 7.47. The topological polar surface area (TPSA) is 33.2 Å². The van der Waals surface area contributed by atoms with E-state index in [2.05, 4.69) is 51.3 Å². The van der Waals surface area contributed by atoms with Crippen LogP contribution in [0.4, 0.5) is 4.39 Å². The third-order valence-corrected chi connectivity index (χ3v) is 10.6. The molecule has 1 aromatic heterocycles. The van der Waals surface area contributed by atoms with Crippen LogP contribution in [-0.2, 0) is 15.6 Å². The molecule has 2 aromatic carbocycles. The number of hydrogen-bond acceptors (Lipinski definition) is 4. The van der Waals surface area contributed by atoms with E-state index in [0.29, 0.717) is 16.7 Å². The minimum absolute atomic E-state index is 0.100. The van der Waals surface area contributed by atoms with Gasteiger partial charge < -0.3 is 4.90 Å². The van der Waals surface area contributed by atoms with Gasteiger partial charge in [0.15, 0.2) is 0 Å². The lowest BCUT2D eigenvalue weighted by Gasteiger charge is -2.42. The predicted octanol–water partition coefficient (Wildman–Crippen LogP) is 8.45. The molecule has 1 amide bonds. The van der Waals surface area contributed by atoms with E-state index in [1.165, 1.54) is 58.4 Å². The summed E-state index contributed by atoms with van der Waals surface area (Å²) in [5.41, 5.74) is 5.59. The van der Waals surface area contributed by atoms with Crippen molar-refractivity contribution in [3.63, 3.8) is 0 Å². The number of fused-ring (bicyclic) bond motifs is 1. The van der Waals surface area contributed by atoms with Crippen LogP contribution in [0.15, 0.2) is 46.7 Å². The Morgan fingerprint density at radius 2 is 1.78 bits per heavy atom. The number of carbonyl (C=O) groups is 1. The Balaban J connectivity index is 1.21. The molecule has 0 spiro atoms. The minimum atomic E-state index is -0.368. The van der Waals surface area contributed by atoms with E-state index in [-0.39, 0.29) is 22.6 Å². The Bertz CT molecular complexity index is 1310. The fourth-order valence-electron chi connectivity index (χ4n) is 5.55. The SMILES string of the molecule is CC1(C)CCC(C)(C)c2cc(-c3csc(C4CCN(C(=O)CSc5ccc(F)cc5Cl)CC4)n3)ccc21. The molecular weight excluding hydrogens is 523 g/mol. The van der Waals surface area contributed by atoms with E-state index >= 15 is 0 Å². The van der Waals surface area contributed by atoms with Gasteiger partial charge in [-0.05, 0) is 71.9 Å². The van der Waals surface area contributed by atoms with Crippen LogP contribution in [0.25, 0.3) is 11.3 Å². The van der Waals surface area contributed by atoms with Crippen LogP contribution >= 0.6 is 34.7 Å². The van der Waals surface area contributed by atoms with E-state index in [0.717, 1.165) is 36.5 Å². The molecule has 1 fully saturated rings. The second-order valence-corrected chi connectivity index (χ2v) is 13.9. The van der Waals surface area contributed by atoms with Gasteiger partial charge in [-0.2, -0.15) is 0 Å². The largest absolute Gasteiger partial charge is 0.342 e. The number of likely N-dealkylation sites (tertiary alicyclic amines) is 1. The summed E-state index contributed by atoms with van der Waals surface area (Å²) in [5.74, 6) is 0.425. The molecule has 37 heavy (non-hydrogen) atoms. The Morgan fingerprint density at radius 1 is 1.08 bits per heavy atom. The number of aromatic nitrogens is 1. The summed E-state index contributed by atoms with van der Waals surface area (Å²) >= 11 is 9.21. The van der Waals surface area contributed by atoms with Gasteiger partial charge in [-0.3, -0.25) is 4.79 Å². The molecule has 1 aliphatic heterocycles. The molecule has 2 heterocycles. The normalized spacial score (nSPS) is 19.0. The Hall–Kier alpha value is -1.89. The summed E-state index contributed by atoms with van der Waals surface area (Å²) in [6.45, 7) is 10.9. The quantitative estimate of drug-likeness (QED) is 0.295. The number of carbonyl (C=O) groups excluding carboxylic acids is 1. The van der Waals surface area contributed by atoms with Gasteiger partial charge in [0.05, 0.1) is 21.5 Å². The lowest BCUT2D eigenvalue weighted by Crippen LogP contribution is -2.38. The highest BCUT2D eigenvalue weighted by atomic mass is 35.5. The molecule has 0 unspecified atom stereocenters. The third-order valence-electron chi connectivity index (χ3n) is 8.11. The van der Waals surface area contributed by atoms with Crippen molar-refractivity contribution in [2.75, 3.05) is 18.8 Å². The van der Waals surface area contributed by atoms with Crippen molar-refractivity contribution in [1.82, 2.24) is 9.88 Å². The molecule has 0 saturated carbocycles. The van der Waals surface area contributed by atoms with Crippen LogP contribution in [0.1, 0.15) is 75.4 Å². The first-order valence-electron chi connectivity index (χ1n) is 13.0. The molecule has 0 N–H and O–H groups in total. The summed E-state index contributed by atoms with van der Waals surface area (Å²) < 4.78 is 13.3. The maximum atomic E-state index is 13.3. The molecule has 5 rings (SSSR count). The van der Waals surface area contributed by atoms with Gasteiger partial charge >= 0.3 is 0 Å². The monoisotopic (exact) mass is 556 g/mol. The minimum Gasteiger partial charge on any atom is -0.342 e. The maximum Gasteiger partial charge on any atom is 0.232 e. The van der Waals surface area contributed by atoms with Crippen LogP contribution in [0.3, 0.4) is 0 Å². The number of thiazole rings is 1. The first-order valence-corrected chi connectivity index (χ1v) is 15.2. The van der Waals surface area contributed by atoms with Gasteiger partial charge in [-0.1, -0.05) is 51.4 Å². The predicted molar refractivity (Wildman–Crippen MR) is 154 cm³/mol. The van der Waals surface area contributed by atoms with Crippen molar-refractivity contribution in [2.24, 2.45) is 0 Å². The van der Waals surface area contributed by atoms with Crippen LogP contribution in [-0.4, -0.2) is 34.6 Å². The van der Waals surface area contributed by atoms with Gasteiger partial charge in [0.2, 0.25) is 5.91 Å². The van der Waals surface area contributed by atoms with Crippen LogP contribution in [0.5, 0.6) is 0 Å². The fraction of sp³-hybridized carbons (Fsp3) is 0.467. The molecule has 0 radical (unpaired) electrons. The standard InChI is InChI=1S/C30H34ClFN2OS2/c1-29(2)11-12-30(3,4)23-15-20(5-7-22(23)29)25-17-37-28(33-25)19-9-13-34(14-10-19)27(35)18-36-26-8-6-21(32)16-24(26)31/h5-8,15-17,19H,9-14,18H2,1-4H3. The molecule has 0 atom stereocenters. The van der Waals surface area contributed by atoms with Crippen molar-refractivity contribution in [1.29, 1.82) is 0 Å². The number of rotatable bonds is 5. The second-order valence-electron chi connectivity index (χ2n) is 11.6.